The van der Waals surface area contributed by atoms with Crippen LogP contribution in [0.3, 0.4) is 0 Å². The predicted molar refractivity (Wildman–Crippen MR) is 50.5 cm³/mol. The van der Waals surface area contributed by atoms with Gasteiger partial charge in [0.15, 0.2) is 11.2 Å². The van der Waals surface area contributed by atoms with E-state index in [1.807, 2.05) is 6.92 Å². The van der Waals surface area contributed by atoms with E-state index in [4.69, 9.17) is 5.11 Å². The summed E-state index contributed by atoms with van der Waals surface area (Å²) in [5.41, 5.74) is 0. The molecule has 0 radical (unpaired) electrons. The molecule has 13 heavy (non-hydrogen) atoms. The second-order valence-electron chi connectivity index (χ2n) is 2.63. The number of hydrogen-bond acceptors (Lipinski definition) is 4. The van der Waals surface area contributed by atoms with E-state index in [1.165, 1.54) is 0 Å². The minimum absolute atomic E-state index is 0.285. The highest BCUT2D eigenvalue weighted by Crippen LogP contribution is 1.99. The van der Waals surface area contributed by atoms with Crippen LogP contribution in [0.5, 0.6) is 0 Å². The van der Waals surface area contributed by atoms with E-state index in [1.54, 1.807) is 0 Å². The van der Waals surface area contributed by atoms with Gasteiger partial charge in [0.25, 0.3) is 0 Å². The first-order valence-corrected chi connectivity index (χ1v) is 4.59. The molecule has 0 fully saturated rings. The maximum absolute atomic E-state index is 10.9. The van der Waals surface area contributed by atoms with Gasteiger partial charge in [-0.05, 0) is 6.42 Å². The first-order valence-electron chi connectivity index (χ1n) is 4.14. The van der Waals surface area contributed by atoms with Crippen LogP contribution < -0.4 is 0 Å². The molecule has 5 heteroatoms. The molecule has 0 amide bonds. The summed E-state index contributed by atoms with van der Waals surface area (Å²) in [6.07, 6.45) is -0.00203. The number of aliphatic hydroxyl groups is 1. The molecule has 0 aromatic heterocycles. The van der Waals surface area contributed by atoms with Crippen LogP contribution in [0.25, 0.3) is 0 Å². The van der Waals surface area contributed by atoms with Gasteiger partial charge in [0, 0.05) is 0 Å². The quantitative estimate of drug-likeness (QED) is 0.378. The average Bonchev–Trinajstić information content (AvgIpc) is 2.03. The Morgan fingerprint density at radius 3 is 2.62 bits per heavy atom. The Labute approximate surface area is 82.7 Å². The molecule has 0 rings (SSSR count). The molecule has 0 aromatic rings. The van der Waals surface area contributed by atoms with Crippen molar-refractivity contribution in [3.8, 4) is 0 Å². The second kappa shape index (κ2) is 6.91. The largest absolute Gasteiger partial charge is 0.464 e. The van der Waals surface area contributed by atoms with E-state index in [2.05, 4.69) is 17.4 Å². The molecule has 0 heterocycles. The van der Waals surface area contributed by atoms with Gasteiger partial charge >= 0.3 is 5.97 Å². The monoisotopic (exact) mass is 206 g/mol. The van der Waals surface area contributed by atoms with E-state index < -0.39 is 17.2 Å². The smallest absolute Gasteiger partial charge is 0.335 e. The molecule has 0 aliphatic carbocycles. The molecule has 0 saturated heterocycles. The summed E-state index contributed by atoms with van der Waals surface area (Å²) in [6, 6.07) is 0. The van der Waals surface area contributed by atoms with E-state index in [9.17, 15) is 9.59 Å². The average molecular weight is 206 g/mol. The summed E-state index contributed by atoms with van der Waals surface area (Å²) in [5, 5.41) is 8.52. The molecule has 1 atom stereocenters. The molecule has 0 aromatic carbocycles. The van der Waals surface area contributed by atoms with Crippen LogP contribution in [0, 0.1) is 0 Å². The molecule has 1 unspecified atom stereocenters. The molecule has 76 valence electrons. The first-order chi connectivity index (χ1) is 6.07. The summed E-state index contributed by atoms with van der Waals surface area (Å²) >= 11 is 3.43. The van der Waals surface area contributed by atoms with Crippen LogP contribution >= 0.6 is 12.6 Å². The lowest BCUT2D eigenvalue weighted by Gasteiger charge is -2.07. The Hall–Kier alpha value is -0.550. The Bertz CT molecular complexity index is 181. The topological polar surface area (TPSA) is 63.6 Å². The number of carbonyl (C=O) groups is 2. The summed E-state index contributed by atoms with van der Waals surface area (Å²) in [7, 11) is 0. The van der Waals surface area contributed by atoms with Gasteiger partial charge in [-0.15, -0.1) is 12.6 Å². The van der Waals surface area contributed by atoms with Crippen LogP contribution in [-0.2, 0) is 14.3 Å². The lowest BCUT2D eigenvalue weighted by Crippen LogP contribution is -2.25. The maximum atomic E-state index is 10.9. The van der Waals surface area contributed by atoms with Crippen molar-refractivity contribution in [3.63, 3.8) is 0 Å². The molecule has 0 spiro atoms. The summed E-state index contributed by atoms with van der Waals surface area (Å²) < 4.78 is 4.67. The van der Waals surface area contributed by atoms with E-state index in [0.717, 1.165) is 12.8 Å². The van der Waals surface area contributed by atoms with Crippen LogP contribution in [0.15, 0.2) is 0 Å². The van der Waals surface area contributed by atoms with Crippen molar-refractivity contribution in [2.75, 3.05) is 6.61 Å². The number of aliphatic hydroxyl groups excluding tert-OH is 1. The summed E-state index contributed by atoms with van der Waals surface area (Å²) in [5.74, 6) is -0.754. The van der Waals surface area contributed by atoms with Crippen molar-refractivity contribution in [1.29, 1.82) is 0 Å². The molecular formula is C8H14O4S. The van der Waals surface area contributed by atoms with Gasteiger partial charge in [-0.1, -0.05) is 13.3 Å². The van der Waals surface area contributed by atoms with Crippen molar-refractivity contribution in [3.05, 3.63) is 0 Å². The lowest BCUT2D eigenvalue weighted by atomic mass is 10.3. The fourth-order valence-corrected chi connectivity index (χ4v) is 0.835. The zero-order chi connectivity index (χ0) is 10.3. The summed E-state index contributed by atoms with van der Waals surface area (Å²) in [6.45, 7) is 2.24. The third kappa shape index (κ3) is 6.60. The Balaban J connectivity index is 3.63. The second-order valence-corrected chi connectivity index (χ2v) is 3.13. The standard InChI is InChI=1S/C8H14O4S/c1-2-3-4-12-8(11)6(9)5-7(10)13/h6,9H,2-5H2,1H3,(H,10,13). The fourth-order valence-electron chi connectivity index (χ4n) is 0.662. The molecular weight excluding hydrogens is 192 g/mol. The first kappa shape index (κ1) is 12.4. The Morgan fingerprint density at radius 2 is 2.15 bits per heavy atom. The van der Waals surface area contributed by atoms with Crippen molar-refractivity contribution in [1.82, 2.24) is 0 Å². The summed E-state index contributed by atoms with van der Waals surface area (Å²) in [4.78, 5) is 21.3. The maximum Gasteiger partial charge on any atom is 0.335 e. The van der Waals surface area contributed by atoms with Gasteiger partial charge in [0.2, 0.25) is 0 Å². The molecule has 0 aliphatic rings. The third-order valence-corrected chi connectivity index (χ3v) is 1.56. The van der Waals surface area contributed by atoms with Gasteiger partial charge in [0.1, 0.15) is 0 Å². The van der Waals surface area contributed by atoms with Crippen LogP contribution in [-0.4, -0.2) is 28.9 Å². The van der Waals surface area contributed by atoms with E-state index in [-0.39, 0.29) is 13.0 Å². The minimum Gasteiger partial charge on any atom is -0.464 e. The predicted octanol–water partition coefficient (Wildman–Crippen LogP) is 0.537. The van der Waals surface area contributed by atoms with Crippen molar-refractivity contribution < 1.29 is 19.4 Å². The highest BCUT2D eigenvalue weighted by atomic mass is 32.1. The van der Waals surface area contributed by atoms with Crippen molar-refractivity contribution >= 4 is 23.7 Å². The van der Waals surface area contributed by atoms with Gasteiger partial charge in [-0.2, -0.15) is 0 Å². The Morgan fingerprint density at radius 1 is 1.54 bits per heavy atom. The third-order valence-electron chi connectivity index (χ3n) is 1.38. The zero-order valence-corrected chi connectivity index (χ0v) is 8.42. The molecule has 0 bridgehead atoms. The minimum atomic E-state index is -1.37. The SMILES string of the molecule is CCCCOC(=O)C(O)CC(=O)S. The van der Waals surface area contributed by atoms with Crippen LogP contribution in [0.2, 0.25) is 0 Å². The number of hydrogen-bond donors (Lipinski definition) is 2. The fraction of sp³-hybridized carbons (Fsp3) is 0.750. The van der Waals surface area contributed by atoms with Crippen molar-refractivity contribution in [2.24, 2.45) is 0 Å². The van der Waals surface area contributed by atoms with Gasteiger partial charge in [-0.25, -0.2) is 4.79 Å². The van der Waals surface area contributed by atoms with Crippen LogP contribution in [0.4, 0.5) is 0 Å². The van der Waals surface area contributed by atoms with E-state index in [0.29, 0.717) is 0 Å². The molecule has 0 saturated carbocycles. The Kier molecular flexibility index (Phi) is 6.62. The molecule has 4 nitrogen and oxygen atoms in total. The lowest BCUT2D eigenvalue weighted by molar-refractivity contribution is -0.154. The number of esters is 1. The van der Waals surface area contributed by atoms with Crippen LogP contribution in [0.1, 0.15) is 26.2 Å². The number of carbonyl (C=O) groups excluding carboxylic acids is 2. The normalized spacial score (nSPS) is 12.2. The zero-order valence-electron chi connectivity index (χ0n) is 7.52. The van der Waals surface area contributed by atoms with Gasteiger partial charge < -0.3 is 9.84 Å². The molecule has 0 aliphatic heterocycles. The highest BCUT2D eigenvalue weighted by molar-refractivity contribution is 7.96. The van der Waals surface area contributed by atoms with Gasteiger partial charge in [-0.3, -0.25) is 4.79 Å². The van der Waals surface area contributed by atoms with Crippen molar-refractivity contribution in [2.45, 2.75) is 32.3 Å². The number of thiol groups is 1. The number of unbranched alkanes of at least 4 members (excludes halogenated alkanes) is 1. The highest BCUT2D eigenvalue weighted by Gasteiger charge is 2.18. The van der Waals surface area contributed by atoms with Gasteiger partial charge in [0.05, 0.1) is 13.0 Å². The van der Waals surface area contributed by atoms with E-state index >= 15 is 0 Å². The molecule has 1 N–H and O–H groups in total. The number of rotatable bonds is 6. The number of ether oxygens (including phenoxy) is 1.